The maximum Gasteiger partial charge on any atom is 0.272 e. The van der Waals surface area contributed by atoms with Gasteiger partial charge in [0.25, 0.3) is 6.43 Å². The molecule has 1 aliphatic heterocycles. The number of halogens is 3. The Hall–Kier alpha value is -2.60. The first-order valence-electron chi connectivity index (χ1n) is 7.80. The predicted molar refractivity (Wildman–Crippen MR) is 93.3 cm³/mol. The summed E-state index contributed by atoms with van der Waals surface area (Å²) < 4.78 is 40.5. The Labute approximate surface area is 153 Å². The molecule has 7 heteroatoms. The van der Waals surface area contributed by atoms with Crippen LogP contribution in [-0.4, -0.2) is 25.9 Å². The molecule has 0 radical (unpaired) electrons. The number of aldehydes is 1. The summed E-state index contributed by atoms with van der Waals surface area (Å²) in [5.41, 5.74) is 2.16. The minimum absolute atomic E-state index is 0.204. The van der Waals surface area contributed by atoms with Crippen LogP contribution in [0.25, 0.3) is 6.08 Å². The first-order valence-corrected chi connectivity index (χ1v) is 8.17. The van der Waals surface area contributed by atoms with Gasteiger partial charge in [-0.1, -0.05) is 17.7 Å². The van der Waals surface area contributed by atoms with Crippen molar-refractivity contribution >= 4 is 24.0 Å². The Morgan fingerprint density at radius 3 is 2.77 bits per heavy atom. The molecule has 0 N–H and O–H groups in total. The van der Waals surface area contributed by atoms with E-state index in [-0.39, 0.29) is 24.0 Å². The van der Waals surface area contributed by atoms with Crippen molar-refractivity contribution in [3.05, 3.63) is 58.1 Å². The number of rotatable bonds is 7. The number of carbonyl (C=O) groups excluding carboxylic acids is 1. The van der Waals surface area contributed by atoms with Gasteiger partial charge in [0.05, 0.1) is 5.02 Å². The standard InChI is InChI=1S/C19H15ClF2O4/c20-16-6-12(1-4-17(16)26-11-19(21)22)9-24-15-3-2-14-5-13(8-23)10-25-18(14)7-15/h1-8,19H,9-11H2. The lowest BCUT2D eigenvalue weighted by Crippen LogP contribution is -2.08. The summed E-state index contributed by atoms with van der Waals surface area (Å²) in [7, 11) is 0. The van der Waals surface area contributed by atoms with Crippen molar-refractivity contribution in [2.24, 2.45) is 0 Å². The van der Waals surface area contributed by atoms with Crippen LogP contribution in [0.2, 0.25) is 5.02 Å². The molecule has 0 bridgehead atoms. The highest BCUT2D eigenvalue weighted by atomic mass is 35.5. The van der Waals surface area contributed by atoms with Crippen LogP contribution >= 0.6 is 11.6 Å². The zero-order chi connectivity index (χ0) is 18.5. The molecule has 0 fully saturated rings. The van der Waals surface area contributed by atoms with E-state index in [1.54, 1.807) is 30.3 Å². The molecule has 0 atom stereocenters. The lowest BCUT2D eigenvalue weighted by molar-refractivity contribution is -0.105. The second kappa shape index (κ2) is 8.19. The second-order valence-electron chi connectivity index (χ2n) is 5.58. The van der Waals surface area contributed by atoms with E-state index in [4.69, 9.17) is 25.8 Å². The van der Waals surface area contributed by atoms with Crippen molar-refractivity contribution in [3.63, 3.8) is 0 Å². The number of hydrogen-bond donors (Lipinski definition) is 0. The molecule has 26 heavy (non-hydrogen) atoms. The fourth-order valence-corrected chi connectivity index (χ4v) is 2.65. The van der Waals surface area contributed by atoms with Gasteiger partial charge in [0, 0.05) is 17.2 Å². The van der Waals surface area contributed by atoms with Crippen molar-refractivity contribution in [2.45, 2.75) is 13.0 Å². The molecule has 0 unspecified atom stereocenters. The Morgan fingerprint density at radius 1 is 1.19 bits per heavy atom. The van der Waals surface area contributed by atoms with Crippen LogP contribution in [0.4, 0.5) is 8.78 Å². The third-order valence-electron chi connectivity index (χ3n) is 3.64. The summed E-state index contributed by atoms with van der Waals surface area (Å²) in [5.74, 6) is 1.44. The summed E-state index contributed by atoms with van der Waals surface area (Å²) in [6.45, 7) is -0.232. The van der Waals surface area contributed by atoms with Gasteiger partial charge in [-0.25, -0.2) is 8.78 Å². The number of benzene rings is 2. The molecule has 0 saturated heterocycles. The predicted octanol–water partition coefficient (Wildman–Crippen LogP) is 4.54. The van der Waals surface area contributed by atoms with Crippen LogP contribution in [0.5, 0.6) is 17.2 Å². The average Bonchev–Trinajstić information content (AvgIpc) is 2.64. The van der Waals surface area contributed by atoms with E-state index in [0.29, 0.717) is 17.1 Å². The van der Waals surface area contributed by atoms with E-state index < -0.39 is 13.0 Å². The number of alkyl halides is 2. The average molecular weight is 381 g/mol. The van der Waals surface area contributed by atoms with E-state index in [0.717, 1.165) is 17.4 Å². The summed E-state index contributed by atoms with van der Waals surface area (Å²) in [4.78, 5) is 10.8. The van der Waals surface area contributed by atoms with Gasteiger partial charge in [-0.15, -0.1) is 0 Å². The quantitative estimate of drug-likeness (QED) is 0.662. The summed E-state index contributed by atoms with van der Waals surface area (Å²) in [6.07, 6.45) is -0.0167. The minimum atomic E-state index is -2.56. The van der Waals surface area contributed by atoms with E-state index in [1.165, 1.54) is 6.07 Å². The highest BCUT2D eigenvalue weighted by Crippen LogP contribution is 2.31. The lowest BCUT2D eigenvalue weighted by atomic mass is 10.1. The van der Waals surface area contributed by atoms with E-state index in [1.807, 2.05) is 6.07 Å². The zero-order valence-corrected chi connectivity index (χ0v) is 14.3. The van der Waals surface area contributed by atoms with Crippen LogP contribution in [0.1, 0.15) is 11.1 Å². The monoisotopic (exact) mass is 380 g/mol. The largest absolute Gasteiger partial charge is 0.489 e. The molecule has 4 nitrogen and oxygen atoms in total. The first-order chi connectivity index (χ1) is 12.5. The van der Waals surface area contributed by atoms with Crippen LogP contribution in [0.3, 0.4) is 0 Å². The van der Waals surface area contributed by atoms with Gasteiger partial charge in [0.2, 0.25) is 0 Å². The van der Waals surface area contributed by atoms with Gasteiger partial charge in [-0.3, -0.25) is 4.79 Å². The maximum atomic E-state index is 12.2. The molecule has 2 aromatic carbocycles. The third kappa shape index (κ3) is 4.52. The Kier molecular flexibility index (Phi) is 5.73. The van der Waals surface area contributed by atoms with E-state index in [2.05, 4.69) is 0 Å². The summed E-state index contributed by atoms with van der Waals surface area (Å²) in [6, 6.07) is 10.2. The number of fused-ring (bicyclic) bond motifs is 1. The fraction of sp³-hybridized carbons (Fsp3) is 0.211. The lowest BCUT2D eigenvalue weighted by Gasteiger charge is -2.16. The van der Waals surface area contributed by atoms with Gasteiger partial charge in [0.1, 0.15) is 43.4 Å². The minimum Gasteiger partial charge on any atom is -0.489 e. The SMILES string of the molecule is O=CC1=Cc2ccc(OCc3ccc(OCC(F)F)c(Cl)c3)cc2OC1. The molecule has 0 amide bonds. The Bertz CT molecular complexity index is 836. The highest BCUT2D eigenvalue weighted by molar-refractivity contribution is 6.32. The van der Waals surface area contributed by atoms with Crippen LogP contribution in [0.15, 0.2) is 42.0 Å². The highest BCUT2D eigenvalue weighted by Gasteiger charge is 2.12. The van der Waals surface area contributed by atoms with Crippen LogP contribution < -0.4 is 14.2 Å². The van der Waals surface area contributed by atoms with Crippen LogP contribution in [0, 0.1) is 0 Å². The zero-order valence-electron chi connectivity index (χ0n) is 13.6. The molecule has 1 heterocycles. The van der Waals surface area contributed by atoms with Crippen LogP contribution in [-0.2, 0) is 11.4 Å². The molecule has 2 aromatic rings. The molecule has 0 aliphatic carbocycles. The molecule has 0 aromatic heterocycles. The second-order valence-corrected chi connectivity index (χ2v) is 5.99. The van der Waals surface area contributed by atoms with Crippen molar-refractivity contribution < 1.29 is 27.8 Å². The Balaban J connectivity index is 1.63. The summed E-state index contributed by atoms with van der Waals surface area (Å²) in [5, 5.41) is 0.243. The van der Waals surface area contributed by atoms with Gasteiger partial charge in [-0.2, -0.15) is 0 Å². The van der Waals surface area contributed by atoms with E-state index >= 15 is 0 Å². The fourth-order valence-electron chi connectivity index (χ4n) is 2.39. The normalized spacial score (nSPS) is 12.8. The van der Waals surface area contributed by atoms with Gasteiger partial charge >= 0.3 is 0 Å². The number of carbonyl (C=O) groups is 1. The summed E-state index contributed by atoms with van der Waals surface area (Å²) >= 11 is 6.04. The van der Waals surface area contributed by atoms with Crippen molar-refractivity contribution in [1.82, 2.24) is 0 Å². The van der Waals surface area contributed by atoms with Crippen molar-refractivity contribution in [3.8, 4) is 17.2 Å². The van der Waals surface area contributed by atoms with Crippen molar-refractivity contribution in [1.29, 1.82) is 0 Å². The first kappa shape index (κ1) is 18.2. The molecule has 136 valence electrons. The van der Waals surface area contributed by atoms with Gasteiger partial charge < -0.3 is 14.2 Å². The topological polar surface area (TPSA) is 44.8 Å². The molecule has 0 spiro atoms. The molecule has 3 rings (SSSR count). The molecular weight excluding hydrogens is 366 g/mol. The Morgan fingerprint density at radius 2 is 2.04 bits per heavy atom. The van der Waals surface area contributed by atoms with Gasteiger partial charge in [-0.05, 0) is 35.9 Å². The van der Waals surface area contributed by atoms with Crippen molar-refractivity contribution in [2.75, 3.05) is 13.2 Å². The molecule has 1 aliphatic rings. The third-order valence-corrected chi connectivity index (χ3v) is 3.93. The number of hydrogen-bond acceptors (Lipinski definition) is 4. The number of ether oxygens (including phenoxy) is 3. The maximum absolute atomic E-state index is 12.2. The van der Waals surface area contributed by atoms with E-state index in [9.17, 15) is 13.6 Å². The molecule has 0 saturated carbocycles. The van der Waals surface area contributed by atoms with Gasteiger partial charge in [0.15, 0.2) is 0 Å². The smallest absolute Gasteiger partial charge is 0.272 e. The molecular formula is C19H15ClF2O4.